The van der Waals surface area contributed by atoms with E-state index in [0.29, 0.717) is 56.3 Å². The Morgan fingerprint density at radius 2 is 1.42 bits per heavy atom. The second-order valence-corrected chi connectivity index (χ2v) is 10.1. The number of carbonyl (C=O) groups excluding carboxylic acids is 3. The Kier molecular flexibility index (Phi) is 8.81. The fourth-order valence-electron chi connectivity index (χ4n) is 4.93. The molecule has 0 saturated carbocycles. The molecule has 2 saturated heterocycles. The maximum atomic E-state index is 13.6. The lowest BCUT2D eigenvalue weighted by atomic mass is 10.1. The van der Waals surface area contributed by atoms with Gasteiger partial charge in [-0.2, -0.15) is 13.2 Å². The summed E-state index contributed by atoms with van der Waals surface area (Å²) in [4.78, 5) is 44.3. The van der Waals surface area contributed by atoms with Crippen LogP contribution in [0.25, 0.3) is 0 Å². The monoisotopic (exact) mass is 599 g/mol. The van der Waals surface area contributed by atoms with Crippen molar-refractivity contribution in [2.45, 2.75) is 6.18 Å². The van der Waals surface area contributed by atoms with Crippen LogP contribution in [0.3, 0.4) is 0 Å². The van der Waals surface area contributed by atoms with Crippen LogP contribution in [0.5, 0.6) is 0 Å². The summed E-state index contributed by atoms with van der Waals surface area (Å²) >= 11 is 0. The number of morpholine rings is 1. The maximum Gasteiger partial charge on any atom is 0.416 e. The topological polar surface area (TPSA) is 94.2 Å². The molecule has 4 amide bonds. The first-order chi connectivity index (χ1) is 20.6. The predicted molar refractivity (Wildman–Crippen MR) is 152 cm³/mol. The number of halogens is 4. The van der Waals surface area contributed by atoms with E-state index in [-0.39, 0.29) is 30.2 Å². The fraction of sp³-hybridized carbons (Fsp3) is 0.300. The summed E-state index contributed by atoms with van der Waals surface area (Å²) in [6.07, 6.45) is -4.53. The van der Waals surface area contributed by atoms with E-state index in [1.807, 2.05) is 4.90 Å². The molecule has 2 N–H and O–H groups in total. The van der Waals surface area contributed by atoms with Gasteiger partial charge in [-0.3, -0.25) is 9.59 Å². The number of hydrogen-bond donors (Lipinski definition) is 2. The van der Waals surface area contributed by atoms with E-state index in [4.69, 9.17) is 4.74 Å². The number of nitrogens with zero attached hydrogens (tertiary/aromatic N) is 3. The predicted octanol–water partition coefficient (Wildman–Crippen LogP) is 4.92. The molecule has 0 radical (unpaired) electrons. The normalized spacial score (nSPS) is 15.7. The molecule has 0 aliphatic carbocycles. The first-order valence-electron chi connectivity index (χ1n) is 13.6. The first kappa shape index (κ1) is 29.8. The van der Waals surface area contributed by atoms with Gasteiger partial charge in [0.2, 0.25) is 0 Å². The summed E-state index contributed by atoms with van der Waals surface area (Å²) in [6, 6.07) is 14.0. The number of hydrogen-bond acceptors (Lipinski definition) is 5. The van der Waals surface area contributed by atoms with Crippen LogP contribution in [0.2, 0.25) is 0 Å². The SMILES string of the molecule is O=C(Nc1ccc(N2CCN(C(=O)Nc3cccc(C(F)(F)F)c3)CC2)c(C(=O)N2CCOCC2)c1)c1ccc(F)cc1. The Balaban J connectivity index is 1.30. The molecular formula is C30H29F4N5O4. The number of alkyl halides is 3. The third kappa shape index (κ3) is 7.23. The number of urea groups is 1. The zero-order valence-electron chi connectivity index (χ0n) is 23.0. The molecule has 2 aliphatic heterocycles. The molecule has 2 fully saturated rings. The second kappa shape index (κ2) is 12.7. The summed E-state index contributed by atoms with van der Waals surface area (Å²) in [7, 11) is 0. The minimum Gasteiger partial charge on any atom is -0.378 e. The van der Waals surface area contributed by atoms with Crippen molar-refractivity contribution in [3.8, 4) is 0 Å². The van der Waals surface area contributed by atoms with Gasteiger partial charge in [0.15, 0.2) is 0 Å². The summed E-state index contributed by atoms with van der Waals surface area (Å²) in [6.45, 7) is 2.88. The third-order valence-corrected chi connectivity index (χ3v) is 7.24. The van der Waals surface area contributed by atoms with E-state index < -0.39 is 29.5 Å². The van der Waals surface area contributed by atoms with Crippen LogP contribution < -0.4 is 15.5 Å². The minimum atomic E-state index is -4.53. The summed E-state index contributed by atoms with van der Waals surface area (Å²) < 4.78 is 57.8. The fourth-order valence-corrected chi connectivity index (χ4v) is 4.93. The highest BCUT2D eigenvalue weighted by Gasteiger charge is 2.31. The van der Waals surface area contributed by atoms with Gasteiger partial charge in [-0.25, -0.2) is 9.18 Å². The van der Waals surface area contributed by atoms with E-state index in [1.54, 1.807) is 23.1 Å². The lowest BCUT2D eigenvalue weighted by molar-refractivity contribution is -0.137. The number of ether oxygens (including phenoxy) is 1. The largest absolute Gasteiger partial charge is 0.416 e. The van der Waals surface area contributed by atoms with Crippen molar-refractivity contribution in [3.63, 3.8) is 0 Å². The first-order valence-corrected chi connectivity index (χ1v) is 13.6. The molecule has 0 atom stereocenters. The lowest BCUT2D eigenvalue weighted by Crippen LogP contribution is -2.50. The van der Waals surface area contributed by atoms with Gasteiger partial charge in [-0.05, 0) is 60.7 Å². The van der Waals surface area contributed by atoms with Crippen molar-refractivity contribution in [3.05, 3.63) is 89.2 Å². The number of piperazine rings is 1. The Morgan fingerprint density at radius 3 is 2.09 bits per heavy atom. The van der Waals surface area contributed by atoms with Gasteiger partial charge in [0.1, 0.15) is 5.82 Å². The smallest absolute Gasteiger partial charge is 0.378 e. The molecule has 3 aromatic carbocycles. The molecule has 2 heterocycles. The van der Waals surface area contributed by atoms with Crippen LogP contribution in [0.4, 0.5) is 39.4 Å². The molecule has 0 aromatic heterocycles. The average Bonchev–Trinajstić information content (AvgIpc) is 3.01. The molecule has 43 heavy (non-hydrogen) atoms. The summed E-state index contributed by atoms with van der Waals surface area (Å²) in [5, 5.41) is 5.29. The zero-order chi connectivity index (χ0) is 30.6. The van der Waals surface area contributed by atoms with Crippen molar-refractivity contribution in [1.82, 2.24) is 9.80 Å². The molecule has 13 heteroatoms. The van der Waals surface area contributed by atoms with Crippen LogP contribution in [0.1, 0.15) is 26.3 Å². The highest BCUT2D eigenvalue weighted by atomic mass is 19.4. The van der Waals surface area contributed by atoms with Crippen molar-refractivity contribution in [2.75, 3.05) is 68.0 Å². The van der Waals surface area contributed by atoms with E-state index in [2.05, 4.69) is 10.6 Å². The van der Waals surface area contributed by atoms with Crippen LogP contribution in [0, 0.1) is 5.82 Å². The van der Waals surface area contributed by atoms with Gasteiger partial charge < -0.3 is 30.1 Å². The Hall–Kier alpha value is -4.65. The van der Waals surface area contributed by atoms with Gasteiger partial charge in [0, 0.05) is 61.9 Å². The number of carbonyl (C=O) groups is 3. The number of amides is 4. The van der Waals surface area contributed by atoms with Gasteiger partial charge in [0.25, 0.3) is 11.8 Å². The molecule has 3 aromatic rings. The van der Waals surface area contributed by atoms with E-state index in [1.165, 1.54) is 41.3 Å². The van der Waals surface area contributed by atoms with Crippen molar-refractivity contribution in [1.29, 1.82) is 0 Å². The van der Waals surface area contributed by atoms with Gasteiger partial charge >= 0.3 is 12.2 Å². The van der Waals surface area contributed by atoms with Crippen molar-refractivity contribution >= 4 is 34.9 Å². The quantitative estimate of drug-likeness (QED) is 0.406. The molecule has 226 valence electrons. The number of anilines is 3. The van der Waals surface area contributed by atoms with Crippen molar-refractivity contribution < 1.29 is 36.7 Å². The highest BCUT2D eigenvalue weighted by Crippen LogP contribution is 2.31. The number of benzene rings is 3. The number of rotatable bonds is 5. The van der Waals surface area contributed by atoms with Crippen LogP contribution in [-0.2, 0) is 10.9 Å². The molecule has 2 aliphatic rings. The van der Waals surface area contributed by atoms with E-state index >= 15 is 0 Å². The lowest BCUT2D eigenvalue weighted by Gasteiger charge is -2.37. The zero-order valence-corrected chi connectivity index (χ0v) is 23.0. The summed E-state index contributed by atoms with van der Waals surface area (Å²) in [5.41, 5.74) is 0.804. The highest BCUT2D eigenvalue weighted by molar-refractivity contribution is 6.06. The molecule has 9 nitrogen and oxygen atoms in total. The van der Waals surface area contributed by atoms with E-state index in [9.17, 15) is 31.9 Å². The van der Waals surface area contributed by atoms with Crippen LogP contribution in [-0.4, -0.2) is 80.1 Å². The molecule has 0 unspecified atom stereocenters. The Bertz CT molecular complexity index is 1480. The molecular weight excluding hydrogens is 570 g/mol. The standard InChI is InChI=1S/C30H29F4N5O4/c31-22-6-4-20(5-7-22)27(40)35-24-8-9-26(25(19-24)28(41)38-14-16-43-17-15-38)37-10-12-39(13-11-37)29(42)36-23-3-1-2-21(18-23)30(32,33)34/h1-9,18-19H,10-17H2,(H,35,40)(H,36,42). The maximum absolute atomic E-state index is 13.6. The van der Waals surface area contributed by atoms with Gasteiger partial charge in [-0.15, -0.1) is 0 Å². The Labute approximate surface area is 245 Å². The minimum absolute atomic E-state index is 0.0407. The third-order valence-electron chi connectivity index (χ3n) is 7.24. The second-order valence-electron chi connectivity index (χ2n) is 10.1. The van der Waals surface area contributed by atoms with Crippen molar-refractivity contribution in [2.24, 2.45) is 0 Å². The van der Waals surface area contributed by atoms with Gasteiger partial charge in [0.05, 0.1) is 24.3 Å². The van der Waals surface area contributed by atoms with Gasteiger partial charge in [-0.1, -0.05) is 6.07 Å². The number of nitrogens with one attached hydrogen (secondary N) is 2. The molecule has 0 spiro atoms. The Morgan fingerprint density at radius 1 is 0.744 bits per heavy atom. The molecule has 0 bridgehead atoms. The van der Waals surface area contributed by atoms with Crippen LogP contribution in [0.15, 0.2) is 66.7 Å². The molecule has 5 rings (SSSR count). The summed E-state index contributed by atoms with van der Waals surface area (Å²) in [5.74, 6) is -1.16. The van der Waals surface area contributed by atoms with Crippen LogP contribution >= 0.6 is 0 Å². The average molecular weight is 600 g/mol. The van der Waals surface area contributed by atoms with E-state index in [0.717, 1.165) is 12.1 Å².